The summed E-state index contributed by atoms with van der Waals surface area (Å²) in [6.07, 6.45) is 4.71. The van der Waals surface area contributed by atoms with Crippen LogP contribution in [0.1, 0.15) is 17.5 Å². The Balaban J connectivity index is 1.73. The van der Waals surface area contributed by atoms with Crippen molar-refractivity contribution in [1.82, 2.24) is 9.80 Å². The quantitative estimate of drug-likeness (QED) is 0.665. The molecule has 2 fully saturated rings. The summed E-state index contributed by atoms with van der Waals surface area (Å²) < 4.78 is 26.6. The van der Waals surface area contributed by atoms with E-state index in [1.807, 2.05) is 13.1 Å². The Labute approximate surface area is 182 Å². The van der Waals surface area contributed by atoms with Gasteiger partial charge in [-0.05, 0) is 73.1 Å². The van der Waals surface area contributed by atoms with Crippen molar-refractivity contribution < 1.29 is 13.6 Å². The average Bonchev–Trinajstić information content (AvgIpc) is 2.74. The van der Waals surface area contributed by atoms with Crippen molar-refractivity contribution in [3.63, 3.8) is 0 Å². The molecule has 0 amide bonds. The summed E-state index contributed by atoms with van der Waals surface area (Å²) in [6, 6.07) is 12.6. The number of likely N-dealkylation sites (N-methyl/N-ethyl adjacent to an activating group) is 2. The Morgan fingerprint density at radius 3 is 1.81 bits per heavy atom. The number of rotatable bonds is 2. The van der Waals surface area contributed by atoms with Crippen molar-refractivity contribution in [2.24, 2.45) is 0 Å². The van der Waals surface area contributed by atoms with Gasteiger partial charge in [0.05, 0.1) is 0 Å². The standard InChI is InChI=1S/C26H26F2N2O/c1-29-12-11-24(20(15-29)13-18-3-7-22(27)8-4-18)25-17-30(2)16-21(26(25)31)14-19-5-9-23(28)10-6-19/h3-10,13-14H,11-12,15-17H2,1-2H3/b20-13+,21-14+,25-24+. The van der Waals surface area contributed by atoms with Gasteiger partial charge in [0.1, 0.15) is 11.6 Å². The molecular formula is C26H26F2N2O. The first-order chi connectivity index (χ1) is 14.9. The van der Waals surface area contributed by atoms with Gasteiger partial charge < -0.3 is 4.90 Å². The van der Waals surface area contributed by atoms with Crippen LogP contribution >= 0.6 is 0 Å². The first kappa shape index (κ1) is 21.3. The van der Waals surface area contributed by atoms with Crippen LogP contribution in [-0.2, 0) is 4.79 Å². The number of halogens is 2. The number of piperidine rings is 2. The molecule has 0 unspecified atom stereocenters. The van der Waals surface area contributed by atoms with Gasteiger partial charge in [-0.1, -0.05) is 30.3 Å². The number of likely N-dealkylation sites (tertiary alicyclic amines) is 2. The maximum atomic E-state index is 13.4. The highest BCUT2D eigenvalue weighted by Crippen LogP contribution is 2.31. The lowest BCUT2D eigenvalue weighted by Gasteiger charge is -2.33. The predicted molar refractivity (Wildman–Crippen MR) is 120 cm³/mol. The Hall–Kier alpha value is -2.89. The number of ketones is 1. The van der Waals surface area contributed by atoms with E-state index in [-0.39, 0.29) is 17.4 Å². The van der Waals surface area contributed by atoms with Crippen LogP contribution < -0.4 is 0 Å². The van der Waals surface area contributed by atoms with Crippen molar-refractivity contribution in [2.75, 3.05) is 40.3 Å². The third-order valence-electron chi connectivity index (χ3n) is 5.79. The van der Waals surface area contributed by atoms with Crippen LogP contribution in [0, 0.1) is 11.6 Å². The fourth-order valence-corrected chi connectivity index (χ4v) is 4.22. The fourth-order valence-electron chi connectivity index (χ4n) is 4.22. The first-order valence-electron chi connectivity index (χ1n) is 10.5. The predicted octanol–water partition coefficient (Wildman–Crippen LogP) is 4.58. The van der Waals surface area contributed by atoms with Crippen LogP contribution in [-0.4, -0.2) is 55.9 Å². The van der Waals surface area contributed by atoms with Crippen LogP contribution in [0.3, 0.4) is 0 Å². The maximum Gasteiger partial charge on any atom is 0.187 e. The Morgan fingerprint density at radius 1 is 0.710 bits per heavy atom. The molecule has 31 heavy (non-hydrogen) atoms. The Bertz CT molecular complexity index is 1070. The maximum absolute atomic E-state index is 13.4. The zero-order chi connectivity index (χ0) is 22.0. The van der Waals surface area contributed by atoms with E-state index in [9.17, 15) is 13.6 Å². The Morgan fingerprint density at radius 2 is 1.23 bits per heavy atom. The van der Waals surface area contributed by atoms with E-state index >= 15 is 0 Å². The number of carbonyl (C=O) groups is 1. The summed E-state index contributed by atoms with van der Waals surface area (Å²) in [5.41, 5.74) is 5.45. The number of benzene rings is 2. The largest absolute Gasteiger partial charge is 0.302 e. The lowest BCUT2D eigenvalue weighted by molar-refractivity contribution is -0.113. The number of nitrogens with zero attached hydrogens (tertiary/aromatic N) is 2. The number of Topliss-reactive ketones (excluding diaryl/α,β-unsaturated/α-hetero) is 1. The first-order valence-corrected chi connectivity index (χ1v) is 10.5. The lowest BCUT2D eigenvalue weighted by Crippen LogP contribution is -2.37. The molecule has 2 aliphatic heterocycles. The molecule has 5 heteroatoms. The molecule has 0 bridgehead atoms. The summed E-state index contributed by atoms with van der Waals surface area (Å²) in [5.74, 6) is -0.493. The van der Waals surface area contributed by atoms with E-state index in [1.165, 1.54) is 24.3 Å². The zero-order valence-corrected chi connectivity index (χ0v) is 17.9. The second-order valence-corrected chi connectivity index (χ2v) is 8.39. The number of carbonyl (C=O) groups excluding carboxylic acids is 1. The second-order valence-electron chi connectivity index (χ2n) is 8.39. The minimum atomic E-state index is -0.293. The van der Waals surface area contributed by atoms with Crippen LogP contribution in [0.25, 0.3) is 12.2 Å². The topological polar surface area (TPSA) is 23.6 Å². The minimum Gasteiger partial charge on any atom is -0.302 e. The second kappa shape index (κ2) is 9.08. The van der Waals surface area contributed by atoms with Gasteiger partial charge in [0.2, 0.25) is 0 Å². The van der Waals surface area contributed by atoms with Gasteiger partial charge in [0, 0.05) is 37.3 Å². The van der Waals surface area contributed by atoms with Gasteiger partial charge >= 0.3 is 0 Å². The summed E-state index contributed by atoms with van der Waals surface area (Å²) >= 11 is 0. The monoisotopic (exact) mass is 420 g/mol. The highest BCUT2D eigenvalue weighted by Gasteiger charge is 2.29. The molecule has 3 nitrogen and oxygen atoms in total. The fraction of sp³-hybridized carbons (Fsp3) is 0.269. The van der Waals surface area contributed by atoms with Gasteiger partial charge in [-0.3, -0.25) is 9.69 Å². The molecule has 2 heterocycles. The molecule has 0 saturated carbocycles. The molecule has 2 saturated heterocycles. The molecule has 160 valence electrons. The summed E-state index contributed by atoms with van der Waals surface area (Å²) in [4.78, 5) is 17.8. The van der Waals surface area contributed by atoms with Gasteiger partial charge in [-0.2, -0.15) is 0 Å². The van der Waals surface area contributed by atoms with Crippen LogP contribution in [0.4, 0.5) is 8.78 Å². The molecule has 2 aromatic carbocycles. The lowest BCUT2D eigenvalue weighted by atomic mass is 9.85. The van der Waals surface area contributed by atoms with Crippen molar-refractivity contribution in [1.29, 1.82) is 0 Å². The zero-order valence-electron chi connectivity index (χ0n) is 17.9. The third-order valence-corrected chi connectivity index (χ3v) is 5.79. The van der Waals surface area contributed by atoms with E-state index < -0.39 is 0 Å². The molecule has 2 aromatic rings. The van der Waals surface area contributed by atoms with E-state index in [0.717, 1.165) is 47.4 Å². The van der Waals surface area contributed by atoms with Crippen LogP contribution in [0.5, 0.6) is 0 Å². The molecule has 0 aromatic heterocycles. The highest BCUT2D eigenvalue weighted by molar-refractivity contribution is 6.13. The summed E-state index contributed by atoms with van der Waals surface area (Å²) in [6.45, 7) is 2.78. The van der Waals surface area contributed by atoms with Crippen molar-refractivity contribution in [2.45, 2.75) is 6.42 Å². The van der Waals surface area contributed by atoms with Crippen molar-refractivity contribution in [3.05, 3.63) is 93.6 Å². The highest BCUT2D eigenvalue weighted by atomic mass is 19.1. The van der Waals surface area contributed by atoms with Gasteiger partial charge in [0.15, 0.2) is 5.78 Å². The van der Waals surface area contributed by atoms with Crippen LogP contribution in [0.15, 0.2) is 70.8 Å². The van der Waals surface area contributed by atoms with Crippen molar-refractivity contribution >= 4 is 17.9 Å². The smallest absolute Gasteiger partial charge is 0.187 e. The summed E-state index contributed by atoms with van der Waals surface area (Å²) in [7, 11) is 4.07. The molecular weight excluding hydrogens is 394 g/mol. The third kappa shape index (κ3) is 5.06. The molecule has 4 rings (SSSR count). The molecule has 0 spiro atoms. The SMILES string of the molecule is CN1CCC(=C2/CN(C)C/C(=C\c3ccc(F)cc3)C2=O)/C(=C/c2ccc(F)cc2)C1. The van der Waals surface area contributed by atoms with Crippen LogP contribution in [0.2, 0.25) is 0 Å². The Kier molecular flexibility index (Phi) is 6.25. The molecule has 2 aliphatic rings. The molecule has 0 radical (unpaired) electrons. The minimum absolute atomic E-state index is 0.0620. The van der Waals surface area contributed by atoms with Crippen molar-refractivity contribution in [3.8, 4) is 0 Å². The number of hydrogen-bond donors (Lipinski definition) is 0. The molecule has 0 atom stereocenters. The molecule has 0 N–H and O–H groups in total. The van der Waals surface area contributed by atoms with E-state index in [1.54, 1.807) is 24.3 Å². The number of hydrogen-bond acceptors (Lipinski definition) is 3. The average molecular weight is 421 g/mol. The van der Waals surface area contributed by atoms with Gasteiger partial charge in [-0.15, -0.1) is 0 Å². The normalized spacial score (nSPS) is 23.7. The van der Waals surface area contributed by atoms with E-state index in [0.29, 0.717) is 18.7 Å². The van der Waals surface area contributed by atoms with E-state index in [4.69, 9.17) is 0 Å². The van der Waals surface area contributed by atoms with Gasteiger partial charge in [-0.25, -0.2) is 8.78 Å². The van der Waals surface area contributed by atoms with Gasteiger partial charge in [0.25, 0.3) is 0 Å². The van der Waals surface area contributed by atoms with E-state index in [2.05, 4.69) is 22.9 Å². The summed E-state index contributed by atoms with van der Waals surface area (Å²) in [5, 5.41) is 0. The molecule has 0 aliphatic carbocycles.